The van der Waals surface area contributed by atoms with Crippen molar-refractivity contribution in [2.75, 3.05) is 66.6 Å². The minimum absolute atomic E-state index is 0.00911. The number of morpholine rings is 1. The fourth-order valence-electron chi connectivity index (χ4n) is 3.69. The Labute approximate surface area is 180 Å². The SMILES string of the molecule is CN(C)C(=O)CN=C(NCCCN1CCOCC1)NCC1(Cc2ccccc2)CC1. The van der Waals surface area contributed by atoms with Crippen LogP contribution in [0.2, 0.25) is 0 Å². The maximum Gasteiger partial charge on any atom is 0.243 e. The predicted octanol–water partition coefficient (Wildman–Crippen LogP) is 1.36. The number of guanidine groups is 1. The average molecular weight is 416 g/mol. The van der Waals surface area contributed by atoms with Crippen LogP contribution in [0.4, 0.5) is 0 Å². The molecule has 0 radical (unpaired) electrons. The van der Waals surface area contributed by atoms with E-state index in [0.29, 0.717) is 5.41 Å². The summed E-state index contributed by atoms with van der Waals surface area (Å²) in [5.41, 5.74) is 1.69. The number of benzene rings is 1. The first-order valence-corrected chi connectivity index (χ1v) is 11.1. The van der Waals surface area contributed by atoms with Gasteiger partial charge in [0, 0.05) is 40.3 Å². The molecule has 7 heteroatoms. The van der Waals surface area contributed by atoms with Gasteiger partial charge >= 0.3 is 0 Å². The topological polar surface area (TPSA) is 69.2 Å². The summed E-state index contributed by atoms with van der Waals surface area (Å²) in [7, 11) is 3.53. The third kappa shape index (κ3) is 7.61. The van der Waals surface area contributed by atoms with Gasteiger partial charge in [0.15, 0.2) is 5.96 Å². The summed E-state index contributed by atoms with van der Waals surface area (Å²) in [5, 5.41) is 6.94. The first-order valence-electron chi connectivity index (χ1n) is 11.1. The van der Waals surface area contributed by atoms with E-state index in [-0.39, 0.29) is 12.5 Å². The lowest BCUT2D eigenvalue weighted by Gasteiger charge is -2.26. The molecule has 1 heterocycles. The molecule has 0 atom stereocenters. The van der Waals surface area contributed by atoms with Crippen molar-refractivity contribution >= 4 is 11.9 Å². The van der Waals surface area contributed by atoms with Crippen LogP contribution in [0.3, 0.4) is 0 Å². The van der Waals surface area contributed by atoms with E-state index >= 15 is 0 Å². The van der Waals surface area contributed by atoms with Crippen LogP contribution < -0.4 is 10.6 Å². The normalized spacial score (nSPS) is 18.7. The molecule has 1 aromatic carbocycles. The van der Waals surface area contributed by atoms with E-state index < -0.39 is 0 Å². The van der Waals surface area contributed by atoms with Gasteiger partial charge in [-0.15, -0.1) is 0 Å². The summed E-state index contributed by atoms with van der Waals surface area (Å²) in [4.78, 5) is 20.5. The van der Waals surface area contributed by atoms with Gasteiger partial charge in [0.05, 0.1) is 13.2 Å². The second kappa shape index (κ2) is 11.3. The van der Waals surface area contributed by atoms with Crippen molar-refractivity contribution < 1.29 is 9.53 Å². The predicted molar refractivity (Wildman–Crippen MR) is 121 cm³/mol. The van der Waals surface area contributed by atoms with Crippen LogP contribution in [-0.2, 0) is 16.0 Å². The number of carbonyl (C=O) groups excluding carboxylic acids is 1. The van der Waals surface area contributed by atoms with E-state index in [2.05, 4.69) is 50.9 Å². The number of aliphatic imine (C=N–C) groups is 1. The highest BCUT2D eigenvalue weighted by Gasteiger charge is 2.42. The van der Waals surface area contributed by atoms with Crippen molar-refractivity contribution in [3.63, 3.8) is 0 Å². The molecule has 2 aliphatic rings. The third-order valence-electron chi connectivity index (χ3n) is 5.93. The zero-order valence-electron chi connectivity index (χ0n) is 18.5. The molecule has 1 saturated heterocycles. The summed E-state index contributed by atoms with van der Waals surface area (Å²) in [6.07, 6.45) is 4.59. The Morgan fingerprint density at radius 1 is 1.17 bits per heavy atom. The van der Waals surface area contributed by atoms with Gasteiger partial charge in [0.1, 0.15) is 6.54 Å². The number of nitrogens with zero attached hydrogens (tertiary/aromatic N) is 3. The van der Waals surface area contributed by atoms with Gasteiger partial charge in [-0.1, -0.05) is 30.3 Å². The third-order valence-corrected chi connectivity index (χ3v) is 5.93. The summed E-state index contributed by atoms with van der Waals surface area (Å²) < 4.78 is 5.41. The van der Waals surface area contributed by atoms with Crippen LogP contribution in [0.5, 0.6) is 0 Å². The van der Waals surface area contributed by atoms with Crippen LogP contribution in [0.15, 0.2) is 35.3 Å². The van der Waals surface area contributed by atoms with Gasteiger partial charge in [-0.3, -0.25) is 9.69 Å². The van der Waals surface area contributed by atoms with Crippen molar-refractivity contribution in [3.8, 4) is 0 Å². The number of likely N-dealkylation sites (N-methyl/N-ethyl adjacent to an activating group) is 1. The smallest absolute Gasteiger partial charge is 0.243 e. The fraction of sp³-hybridized carbons (Fsp3) is 0.652. The largest absolute Gasteiger partial charge is 0.379 e. The highest BCUT2D eigenvalue weighted by molar-refractivity contribution is 5.84. The molecule has 1 aromatic rings. The Morgan fingerprint density at radius 3 is 2.57 bits per heavy atom. The highest BCUT2D eigenvalue weighted by atomic mass is 16.5. The van der Waals surface area contributed by atoms with Crippen LogP contribution >= 0.6 is 0 Å². The van der Waals surface area contributed by atoms with Crippen molar-refractivity contribution in [1.82, 2.24) is 20.4 Å². The lowest BCUT2D eigenvalue weighted by molar-refractivity contribution is -0.127. The highest BCUT2D eigenvalue weighted by Crippen LogP contribution is 2.47. The van der Waals surface area contributed by atoms with E-state index in [4.69, 9.17) is 4.74 Å². The first-order chi connectivity index (χ1) is 14.6. The zero-order valence-corrected chi connectivity index (χ0v) is 18.5. The number of hydrogen-bond acceptors (Lipinski definition) is 4. The second-order valence-corrected chi connectivity index (χ2v) is 8.70. The minimum atomic E-state index is 0.00911. The fourth-order valence-corrected chi connectivity index (χ4v) is 3.69. The molecule has 0 unspecified atom stereocenters. The first kappa shape index (κ1) is 22.6. The van der Waals surface area contributed by atoms with Gasteiger partial charge in [-0.2, -0.15) is 0 Å². The minimum Gasteiger partial charge on any atom is -0.379 e. The van der Waals surface area contributed by atoms with Crippen LogP contribution in [0, 0.1) is 5.41 Å². The Kier molecular flexibility index (Phi) is 8.51. The number of hydrogen-bond donors (Lipinski definition) is 2. The molecule has 0 spiro atoms. The van der Waals surface area contributed by atoms with Crippen molar-refractivity contribution in [2.45, 2.75) is 25.7 Å². The molecule has 166 valence electrons. The molecule has 1 aliphatic heterocycles. The van der Waals surface area contributed by atoms with E-state index in [1.807, 2.05) is 0 Å². The number of ether oxygens (including phenoxy) is 1. The standard InChI is InChI=1S/C23H37N5O2/c1-27(2)21(29)18-25-22(24-11-6-12-28-13-15-30-16-14-28)26-19-23(9-10-23)17-20-7-4-3-5-8-20/h3-5,7-8H,6,9-19H2,1-2H3,(H2,24,25,26). The average Bonchev–Trinajstić information content (AvgIpc) is 3.53. The summed E-state index contributed by atoms with van der Waals surface area (Å²) in [6, 6.07) is 10.7. The molecular formula is C23H37N5O2. The van der Waals surface area contributed by atoms with Crippen LogP contribution in [0.1, 0.15) is 24.8 Å². The molecule has 2 fully saturated rings. The van der Waals surface area contributed by atoms with E-state index in [0.717, 1.165) is 64.7 Å². The van der Waals surface area contributed by atoms with Crippen molar-refractivity contribution in [2.24, 2.45) is 10.4 Å². The van der Waals surface area contributed by atoms with Crippen LogP contribution in [-0.4, -0.2) is 88.2 Å². The molecule has 1 amide bonds. The monoisotopic (exact) mass is 415 g/mol. The lowest BCUT2D eigenvalue weighted by Crippen LogP contribution is -2.43. The zero-order chi connectivity index (χ0) is 21.2. The van der Waals surface area contributed by atoms with E-state index in [1.54, 1.807) is 19.0 Å². The number of amides is 1. The maximum atomic E-state index is 12.0. The van der Waals surface area contributed by atoms with Gasteiger partial charge in [0.2, 0.25) is 5.91 Å². The maximum absolute atomic E-state index is 12.0. The molecule has 1 aliphatic carbocycles. The molecule has 0 aromatic heterocycles. The molecule has 1 saturated carbocycles. The Morgan fingerprint density at radius 2 is 1.90 bits per heavy atom. The Bertz CT molecular complexity index is 682. The van der Waals surface area contributed by atoms with Gasteiger partial charge in [0.25, 0.3) is 0 Å². The van der Waals surface area contributed by atoms with E-state index in [9.17, 15) is 4.79 Å². The molecule has 2 N–H and O–H groups in total. The Hall–Kier alpha value is -2.12. The number of nitrogens with one attached hydrogen (secondary N) is 2. The second-order valence-electron chi connectivity index (χ2n) is 8.70. The molecular weight excluding hydrogens is 378 g/mol. The summed E-state index contributed by atoms with van der Waals surface area (Å²) in [6.45, 7) is 6.63. The molecule has 3 rings (SSSR count). The Balaban J connectivity index is 1.47. The van der Waals surface area contributed by atoms with Crippen molar-refractivity contribution in [1.29, 1.82) is 0 Å². The lowest BCUT2D eigenvalue weighted by atomic mass is 9.96. The van der Waals surface area contributed by atoms with E-state index in [1.165, 1.54) is 18.4 Å². The van der Waals surface area contributed by atoms with Crippen LogP contribution in [0.25, 0.3) is 0 Å². The number of carbonyl (C=O) groups is 1. The molecule has 0 bridgehead atoms. The van der Waals surface area contributed by atoms with Gasteiger partial charge in [-0.25, -0.2) is 4.99 Å². The van der Waals surface area contributed by atoms with Gasteiger partial charge < -0.3 is 20.3 Å². The van der Waals surface area contributed by atoms with Crippen molar-refractivity contribution in [3.05, 3.63) is 35.9 Å². The summed E-state index contributed by atoms with van der Waals surface area (Å²) in [5.74, 6) is 0.751. The quantitative estimate of drug-likeness (QED) is 0.343. The molecule has 7 nitrogen and oxygen atoms in total. The van der Waals surface area contributed by atoms with Gasteiger partial charge in [-0.05, 0) is 43.2 Å². The summed E-state index contributed by atoms with van der Waals surface area (Å²) >= 11 is 0. The molecule has 30 heavy (non-hydrogen) atoms. The number of rotatable bonds is 10.